The molecule has 0 bridgehead atoms. The number of nitrogens with zero attached hydrogens (tertiary/aromatic N) is 5. The third-order valence-electron chi connectivity index (χ3n) is 3.66. The summed E-state index contributed by atoms with van der Waals surface area (Å²) in [4.78, 5) is 4.00. The molecule has 1 saturated heterocycles. The molecule has 1 fully saturated rings. The number of pyridine rings is 1. The number of hydrogen-bond donors (Lipinski definition) is 1. The van der Waals surface area contributed by atoms with Gasteiger partial charge in [-0.05, 0) is 12.1 Å². The van der Waals surface area contributed by atoms with Gasteiger partial charge in [-0.25, -0.2) is 12.8 Å². The average molecular weight is 363 g/mol. The van der Waals surface area contributed by atoms with Gasteiger partial charge >= 0.3 is 0 Å². The van der Waals surface area contributed by atoms with Gasteiger partial charge in [0.2, 0.25) is 5.03 Å². The molecule has 2 N–H and O–H groups in total. The summed E-state index contributed by atoms with van der Waals surface area (Å²) in [7, 11) is -2.22. The van der Waals surface area contributed by atoms with Gasteiger partial charge in [-0.15, -0.1) is 17.5 Å². The van der Waals surface area contributed by atoms with Crippen LogP contribution in [0.25, 0.3) is 0 Å². The maximum atomic E-state index is 13.9. The average Bonchev–Trinajstić information content (AvgIpc) is 3.06. The molecule has 0 saturated carbocycles. The molecule has 2 atom stereocenters. The molecule has 1 aliphatic heterocycles. The van der Waals surface area contributed by atoms with Crippen molar-refractivity contribution in [3.05, 3.63) is 36.0 Å². The highest BCUT2D eigenvalue weighted by atomic mass is 35.5. The van der Waals surface area contributed by atoms with E-state index in [4.69, 9.17) is 5.73 Å². The van der Waals surface area contributed by atoms with E-state index in [1.54, 1.807) is 7.05 Å². The van der Waals surface area contributed by atoms with E-state index in [0.29, 0.717) is 0 Å². The molecule has 11 heteroatoms. The van der Waals surface area contributed by atoms with E-state index in [9.17, 15) is 12.8 Å². The monoisotopic (exact) mass is 362 g/mol. The van der Waals surface area contributed by atoms with Crippen LogP contribution in [0, 0.1) is 5.82 Å². The first kappa shape index (κ1) is 17.7. The van der Waals surface area contributed by atoms with Gasteiger partial charge in [-0.1, -0.05) is 5.21 Å². The smallest absolute Gasteiger partial charge is 0.264 e. The number of sulfonamides is 1. The number of nitrogens with two attached hydrogens (primary N) is 1. The zero-order valence-electron chi connectivity index (χ0n) is 12.2. The highest BCUT2D eigenvalue weighted by Crippen LogP contribution is 2.30. The number of hydrogen-bond acceptors (Lipinski definition) is 6. The van der Waals surface area contributed by atoms with Crippen molar-refractivity contribution in [1.82, 2.24) is 24.3 Å². The van der Waals surface area contributed by atoms with Crippen LogP contribution in [-0.2, 0) is 17.1 Å². The minimum atomic E-state index is -3.80. The van der Waals surface area contributed by atoms with Gasteiger partial charge in [0.1, 0.15) is 5.82 Å². The Bertz CT molecular complexity index is 798. The maximum absolute atomic E-state index is 13.9. The fraction of sp³-hybridized carbons (Fsp3) is 0.417. The molecule has 0 aliphatic carbocycles. The van der Waals surface area contributed by atoms with Crippen molar-refractivity contribution in [1.29, 1.82) is 0 Å². The SMILES string of the molecule is Cl.Cn1cc(S(=O)(=O)N2C[C@@H](N)[C@H](c3ncccc3F)C2)nn1. The highest BCUT2D eigenvalue weighted by molar-refractivity contribution is 7.89. The largest absolute Gasteiger partial charge is 0.326 e. The quantitative estimate of drug-likeness (QED) is 0.816. The van der Waals surface area contributed by atoms with Gasteiger partial charge in [0.25, 0.3) is 10.0 Å². The first-order chi connectivity index (χ1) is 10.4. The predicted octanol–water partition coefficient (Wildman–Crippen LogP) is -0.114. The van der Waals surface area contributed by atoms with Crippen LogP contribution in [0.3, 0.4) is 0 Å². The van der Waals surface area contributed by atoms with E-state index in [0.717, 1.165) is 0 Å². The van der Waals surface area contributed by atoms with Gasteiger partial charge in [0.15, 0.2) is 0 Å². The maximum Gasteiger partial charge on any atom is 0.264 e. The lowest BCUT2D eigenvalue weighted by atomic mass is 9.99. The van der Waals surface area contributed by atoms with Crippen LogP contribution in [0.15, 0.2) is 29.6 Å². The van der Waals surface area contributed by atoms with E-state index in [1.165, 1.54) is 33.5 Å². The standard InChI is InChI=1S/C12H15FN6O2S.ClH/c1-18-7-11(16-17-18)22(20,21)19-5-8(10(14)6-19)12-9(13)3-2-4-15-12;/h2-4,7-8,10H,5-6,14H2,1H3;1H/t8-,10-;/m1./s1. The Morgan fingerprint density at radius 3 is 2.74 bits per heavy atom. The molecule has 3 heterocycles. The summed E-state index contributed by atoms with van der Waals surface area (Å²) in [6, 6.07) is 2.23. The van der Waals surface area contributed by atoms with Crippen molar-refractivity contribution in [2.75, 3.05) is 13.1 Å². The molecule has 2 aromatic heterocycles. The number of halogens is 2. The Balaban J connectivity index is 0.00000192. The van der Waals surface area contributed by atoms with Crippen molar-refractivity contribution in [2.24, 2.45) is 12.8 Å². The molecular weight excluding hydrogens is 347 g/mol. The van der Waals surface area contributed by atoms with E-state index >= 15 is 0 Å². The highest BCUT2D eigenvalue weighted by Gasteiger charge is 2.41. The summed E-state index contributed by atoms with van der Waals surface area (Å²) >= 11 is 0. The normalized spacial score (nSPS) is 22.0. The summed E-state index contributed by atoms with van der Waals surface area (Å²) in [5.41, 5.74) is 6.18. The van der Waals surface area contributed by atoms with Crippen LogP contribution in [0.1, 0.15) is 11.6 Å². The molecule has 23 heavy (non-hydrogen) atoms. The second-order valence-corrected chi connectivity index (χ2v) is 7.08. The summed E-state index contributed by atoms with van der Waals surface area (Å²) < 4.78 is 41.3. The Morgan fingerprint density at radius 2 is 2.13 bits per heavy atom. The molecule has 3 rings (SSSR count). The second-order valence-electron chi connectivity index (χ2n) is 5.19. The Morgan fingerprint density at radius 1 is 1.39 bits per heavy atom. The minimum Gasteiger partial charge on any atom is -0.326 e. The van der Waals surface area contributed by atoms with Crippen LogP contribution in [0.2, 0.25) is 0 Å². The Labute approximate surface area is 139 Å². The summed E-state index contributed by atoms with van der Waals surface area (Å²) in [6.07, 6.45) is 2.78. The van der Waals surface area contributed by atoms with E-state index in [1.807, 2.05) is 0 Å². The summed E-state index contributed by atoms with van der Waals surface area (Å²) in [5.74, 6) is -0.977. The first-order valence-corrected chi connectivity index (χ1v) is 8.06. The van der Waals surface area contributed by atoms with E-state index < -0.39 is 27.8 Å². The molecule has 126 valence electrons. The van der Waals surface area contributed by atoms with Gasteiger partial charge in [0, 0.05) is 38.3 Å². The number of aryl methyl sites for hydroxylation is 1. The minimum absolute atomic E-state index is 0. The topological polar surface area (TPSA) is 107 Å². The molecule has 0 unspecified atom stereocenters. The van der Waals surface area contributed by atoms with Crippen molar-refractivity contribution in [3.63, 3.8) is 0 Å². The van der Waals surface area contributed by atoms with Crippen molar-refractivity contribution >= 4 is 22.4 Å². The zero-order valence-corrected chi connectivity index (χ0v) is 13.8. The third kappa shape index (κ3) is 3.20. The Kier molecular flexibility index (Phi) is 4.99. The zero-order chi connectivity index (χ0) is 15.9. The molecular formula is C12H16ClFN6O2S. The lowest BCUT2D eigenvalue weighted by molar-refractivity contribution is 0.465. The lowest BCUT2D eigenvalue weighted by Gasteiger charge is -2.14. The van der Waals surface area contributed by atoms with Gasteiger partial charge in [0.05, 0.1) is 11.9 Å². The number of rotatable bonds is 3. The van der Waals surface area contributed by atoms with Crippen molar-refractivity contribution in [2.45, 2.75) is 17.0 Å². The van der Waals surface area contributed by atoms with E-state index in [2.05, 4.69) is 15.3 Å². The molecule has 0 aromatic carbocycles. The first-order valence-electron chi connectivity index (χ1n) is 6.62. The predicted molar refractivity (Wildman–Crippen MR) is 81.9 cm³/mol. The Hall–Kier alpha value is -1.62. The molecule has 0 spiro atoms. The third-order valence-corrected chi connectivity index (χ3v) is 5.35. The van der Waals surface area contributed by atoms with Crippen LogP contribution in [-0.4, -0.2) is 51.8 Å². The molecule has 0 amide bonds. The van der Waals surface area contributed by atoms with Gasteiger partial charge in [-0.3, -0.25) is 9.67 Å². The van der Waals surface area contributed by atoms with Crippen LogP contribution < -0.4 is 5.73 Å². The fourth-order valence-corrected chi connectivity index (χ4v) is 3.94. The van der Waals surface area contributed by atoms with Crippen LogP contribution in [0.5, 0.6) is 0 Å². The van der Waals surface area contributed by atoms with Gasteiger partial charge in [-0.2, -0.15) is 4.31 Å². The van der Waals surface area contributed by atoms with E-state index in [-0.39, 0.29) is 36.2 Å². The lowest BCUT2D eigenvalue weighted by Crippen LogP contribution is -2.32. The second kappa shape index (κ2) is 6.48. The number of aromatic nitrogens is 4. The van der Waals surface area contributed by atoms with Crippen LogP contribution in [0.4, 0.5) is 4.39 Å². The fourth-order valence-electron chi connectivity index (χ4n) is 2.52. The molecule has 0 radical (unpaired) electrons. The summed E-state index contributed by atoms with van der Waals surface area (Å²) in [6.45, 7) is 0.146. The molecule has 1 aliphatic rings. The summed E-state index contributed by atoms with van der Waals surface area (Å²) in [5, 5.41) is 7.10. The van der Waals surface area contributed by atoms with Gasteiger partial charge < -0.3 is 5.73 Å². The molecule has 8 nitrogen and oxygen atoms in total. The van der Waals surface area contributed by atoms with Crippen molar-refractivity contribution in [3.8, 4) is 0 Å². The molecule has 2 aromatic rings. The van der Waals surface area contributed by atoms with Crippen LogP contribution >= 0.6 is 12.4 Å². The van der Waals surface area contributed by atoms with Crippen molar-refractivity contribution < 1.29 is 12.8 Å².